The van der Waals surface area contributed by atoms with Crippen molar-refractivity contribution in [2.24, 2.45) is 0 Å². The van der Waals surface area contributed by atoms with Crippen LogP contribution >= 0.6 is 27.3 Å². The lowest BCUT2D eigenvalue weighted by atomic mass is 10.2. The van der Waals surface area contributed by atoms with Crippen molar-refractivity contribution in [1.82, 2.24) is 14.2 Å². The molecule has 7 nitrogen and oxygen atoms in total. The Balaban J connectivity index is 1.68. The van der Waals surface area contributed by atoms with Gasteiger partial charge in [0, 0.05) is 38.4 Å². The fraction of sp³-hybridized carbons (Fsp3) is 0.286. The molecule has 128 valence electrons. The predicted octanol–water partition coefficient (Wildman–Crippen LogP) is 1.35. The summed E-state index contributed by atoms with van der Waals surface area (Å²) in [7, 11) is -3.52. The van der Waals surface area contributed by atoms with E-state index in [1.807, 2.05) is 0 Å². The van der Waals surface area contributed by atoms with Gasteiger partial charge in [-0.15, -0.1) is 11.3 Å². The number of piperazine rings is 1. The summed E-state index contributed by atoms with van der Waals surface area (Å²) in [5.41, 5.74) is 0.109. The molecule has 1 aliphatic heterocycles. The van der Waals surface area contributed by atoms with Gasteiger partial charge in [-0.05, 0) is 34.1 Å². The first-order valence-electron chi connectivity index (χ1n) is 7.11. The predicted molar refractivity (Wildman–Crippen MR) is 93.7 cm³/mol. The van der Waals surface area contributed by atoms with Crippen molar-refractivity contribution in [1.29, 1.82) is 0 Å². The Kier molecular flexibility index (Phi) is 4.90. The maximum absolute atomic E-state index is 12.6. The Labute approximate surface area is 151 Å². The van der Waals surface area contributed by atoms with Crippen LogP contribution in [0.2, 0.25) is 0 Å². The Morgan fingerprint density at radius 2 is 1.83 bits per heavy atom. The summed E-state index contributed by atoms with van der Waals surface area (Å²) in [4.78, 5) is 27.5. The molecule has 1 aliphatic rings. The molecule has 2 aromatic heterocycles. The van der Waals surface area contributed by atoms with Gasteiger partial charge >= 0.3 is 0 Å². The Morgan fingerprint density at radius 1 is 1.12 bits per heavy atom. The number of H-pyrrole nitrogens is 1. The second-order valence-corrected chi connectivity index (χ2v) is 9.82. The minimum Gasteiger partial charge on any atom is -0.336 e. The Hall–Kier alpha value is -1.49. The van der Waals surface area contributed by atoms with E-state index in [9.17, 15) is 18.0 Å². The van der Waals surface area contributed by atoms with Crippen molar-refractivity contribution in [3.05, 3.63) is 50.2 Å². The van der Waals surface area contributed by atoms with Gasteiger partial charge < -0.3 is 9.88 Å². The van der Waals surface area contributed by atoms with Crippen LogP contribution in [0.3, 0.4) is 0 Å². The molecule has 0 saturated carbocycles. The van der Waals surface area contributed by atoms with Crippen molar-refractivity contribution in [3.63, 3.8) is 0 Å². The first-order valence-corrected chi connectivity index (χ1v) is 10.2. The molecule has 1 fully saturated rings. The number of carbonyl (C=O) groups excluding carboxylic acids is 1. The van der Waals surface area contributed by atoms with Crippen molar-refractivity contribution >= 4 is 43.2 Å². The highest BCUT2D eigenvalue weighted by Crippen LogP contribution is 2.29. The third-order valence-electron chi connectivity index (χ3n) is 3.70. The largest absolute Gasteiger partial charge is 0.336 e. The van der Waals surface area contributed by atoms with Gasteiger partial charge in [-0.2, -0.15) is 4.31 Å². The quantitative estimate of drug-likeness (QED) is 0.793. The third kappa shape index (κ3) is 3.46. The molecule has 0 aromatic carbocycles. The SMILES string of the molecule is O=C(c1ccc(=O)[nH]c1)N1CCN(S(=O)(=O)c2ccc(Br)s2)CC1. The Morgan fingerprint density at radius 3 is 2.38 bits per heavy atom. The number of aromatic nitrogens is 1. The van der Waals surface area contributed by atoms with Crippen LogP contribution in [0.4, 0.5) is 0 Å². The standard InChI is InChI=1S/C14H14BrN3O4S2/c15-11-2-4-13(23-11)24(21,22)18-7-5-17(6-8-18)14(20)10-1-3-12(19)16-9-10/h1-4,9H,5-8H2,(H,16,19). The van der Waals surface area contributed by atoms with Crippen LogP contribution in [0.1, 0.15) is 10.4 Å². The lowest BCUT2D eigenvalue weighted by molar-refractivity contribution is 0.0697. The van der Waals surface area contributed by atoms with Crippen molar-refractivity contribution in [2.45, 2.75) is 4.21 Å². The van der Waals surface area contributed by atoms with Gasteiger partial charge in [0.05, 0.1) is 9.35 Å². The molecule has 0 bridgehead atoms. The summed E-state index contributed by atoms with van der Waals surface area (Å²) >= 11 is 4.43. The van der Waals surface area contributed by atoms with E-state index in [4.69, 9.17) is 0 Å². The average Bonchev–Trinajstić information content (AvgIpc) is 3.02. The molecule has 10 heteroatoms. The molecule has 24 heavy (non-hydrogen) atoms. The molecular weight excluding hydrogens is 418 g/mol. The number of sulfonamides is 1. The second kappa shape index (κ2) is 6.79. The van der Waals surface area contributed by atoms with Crippen molar-refractivity contribution in [3.8, 4) is 0 Å². The second-order valence-electron chi connectivity index (χ2n) is 5.20. The van der Waals surface area contributed by atoms with E-state index in [0.29, 0.717) is 18.7 Å². The zero-order valence-electron chi connectivity index (χ0n) is 12.4. The van der Waals surface area contributed by atoms with Gasteiger partial charge in [-0.1, -0.05) is 0 Å². The van der Waals surface area contributed by atoms with Crippen LogP contribution in [-0.2, 0) is 10.0 Å². The topological polar surface area (TPSA) is 90.6 Å². The van der Waals surface area contributed by atoms with E-state index in [1.54, 1.807) is 17.0 Å². The number of halogens is 1. The molecule has 3 heterocycles. The number of pyridine rings is 1. The molecule has 1 N–H and O–H groups in total. The number of hydrogen-bond acceptors (Lipinski definition) is 5. The summed E-state index contributed by atoms with van der Waals surface area (Å²) in [5, 5.41) is 0. The van der Waals surface area contributed by atoms with Gasteiger partial charge in [-0.3, -0.25) is 9.59 Å². The molecule has 2 aromatic rings. The van der Waals surface area contributed by atoms with Crippen molar-refractivity contribution < 1.29 is 13.2 Å². The lowest BCUT2D eigenvalue weighted by Gasteiger charge is -2.33. The number of nitrogens with one attached hydrogen (secondary N) is 1. The molecule has 0 radical (unpaired) electrons. The van der Waals surface area contributed by atoms with Gasteiger partial charge in [0.15, 0.2) is 0 Å². The maximum Gasteiger partial charge on any atom is 0.255 e. The number of hydrogen-bond donors (Lipinski definition) is 1. The third-order valence-corrected chi connectivity index (χ3v) is 7.69. The first kappa shape index (κ1) is 17.3. The van der Waals surface area contributed by atoms with Crippen molar-refractivity contribution in [2.75, 3.05) is 26.2 Å². The highest BCUT2D eigenvalue weighted by Gasteiger charge is 2.31. The highest BCUT2D eigenvalue weighted by atomic mass is 79.9. The minimum atomic E-state index is -3.52. The number of nitrogens with zero attached hydrogens (tertiary/aromatic N) is 2. The number of thiophene rings is 1. The summed E-state index contributed by atoms with van der Waals surface area (Å²) < 4.78 is 27.5. The number of carbonyl (C=O) groups is 1. The number of rotatable bonds is 3. The van der Waals surface area contributed by atoms with Gasteiger partial charge in [0.1, 0.15) is 4.21 Å². The molecule has 0 spiro atoms. The summed E-state index contributed by atoms with van der Waals surface area (Å²) in [6, 6.07) is 6.03. The summed E-state index contributed by atoms with van der Waals surface area (Å²) in [5.74, 6) is -0.220. The molecule has 0 atom stereocenters. The normalized spacial score (nSPS) is 16.3. The van der Waals surface area contributed by atoms with E-state index in [-0.39, 0.29) is 28.8 Å². The fourth-order valence-electron chi connectivity index (χ4n) is 2.42. The summed E-state index contributed by atoms with van der Waals surface area (Å²) in [6.45, 7) is 1.10. The fourth-order valence-corrected chi connectivity index (χ4v) is 6.01. The molecular formula is C14H14BrN3O4S2. The molecule has 1 amide bonds. The van der Waals surface area contributed by atoms with E-state index in [2.05, 4.69) is 20.9 Å². The molecule has 0 aliphatic carbocycles. The van der Waals surface area contributed by atoms with E-state index < -0.39 is 10.0 Å². The van der Waals surface area contributed by atoms with Crippen LogP contribution in [-0.4, -0.2) is 54.7 Å². The highest BCUT2D eigenvalue weighted by molar-refractivity contribution is 9.11. The smallest absolute Gasteiger partial charge is 0.255 e. The number of aromatic amines is 1. The molecule has 3 rings (SSSR count). The van der Waals surface area contributed by atoms with E-state index in [0.717, 1.165) is 3.79 Å². The minimum absolute atomic E-state index is 0.220. The van der Waals surface area contributed by atoms with Gasteiger partial charge in [0.2, 0.25) is 5.56 Å². The maximum atomic E-state index is 12.6. The monoisotopic (exact) mass is 431 g/mol. The number of amides is 1. The van der Waals surface area contributed by atoms with Crippen LogP contribution in [0.25, 0.3) is 0 Å². The van der Waals surface area contributed by atoms with Crippen LogP contribution < -0.4 is 5.56 Å². The lowest BCUT2D eigenvalue weighted by Crippen LogP contribution is -2.50. The zero-order chi connectivity index (χ0) is 17.3. The summed E-state index contributed by atoms with van der Waals surface area (Å²) in [6.07, 6.45) is 1.37. The first-order chi connectivity index (χ1) is 11.4. The molecule has 0 unspecified atom stereocenters. The van der Waals surface area contributed by atoms with Crippen LogP contribution in [0, 0.1) is 0 Å². The Bertz CT molecular complexity index is 894. The average molecular weight is 432 g/mol. The van der Waals surface area contributed by atoms with E-state index >= 15 is 0 Å². The van der Waals surface area contributed by atoms with Gasteiger partial charge in [0.25, 0.3) is 15.9 Å². The van der Waals surface area contributed by atoms with Crippen LogP contribution in [0.5, 0.6) is 0 Å². The van der Waals surface area contributed by atoms with E-state index in [1.165, 1.54) is 34.0 Å². The molecule has 1 saturated heterocycles. The zero-order valence-corrected chi connectivity index (χ0v) is 15.7. The van der Waals surface area contributed by atoms with Crippen LogP contribution in [0.15, 0.2) is 43.3 Å². The van der Waals surface area contributed by atoms with Gasteiger partial charge in [-0.25, -0.2) is 8.42 Å².